The molecule has 2 aromatic rings. The van der Waals surface area contributed by atoms with Gasteiger partial charge in [-0.2, -0.15) is 0 Å². The first-order chi connectivity index (χ1) is 12.5. The third-order valence-electron chi connectivity index (χ3n) is 4.12. The molecule has 2 N–H and O–H groups in total. The fourth-order valence-electron chi connectivity index (χ4n) is 2.76. The van der Waals surface area contributed by atoms with Gasteiger partial charge in [-0.05, 0) is 43.7 Å². The maximum absolute atomic E-state index is 12.6. The molecule has 0 saturated carbocycles. The zero-order valence-corrected chi connectivity index (χ0v) is 16.0. The molecule has 0 fully saturated rings. The molecule has 0 aromatic heterocycles. The summed E-state index contributed by atoms with van der Waals surface area (Å²) in [6.45, 7) is 4.67. The van der Waals surface area contributed by atoms with Crippen LogP contribution in [-0.2, 0) is 4.79 Å². The molecule has 1 heterocycles. The molecular weight excluding hydrogens is 375 g/mol. The number of carbonyl (C=O) groups is 1. The van der Waals surface area contributed by atoms with Gasteiger partial charge in [-0.1, -0.05) is 35.3 Å². The molecule has 2 aromatic carbocycles. The van der Waals surface area contributed by atoms with Crippen molar-refractivity contribution in [1.29, 1.82) is 0 Å². The largest absolute Gasteiger partial charge is 0.486 e. The van der Waals surface area contributed by atoms with E-state index in [1.54, 1.807) is 19.1 Å². The number of fused-ring (bicyclic) bond motifs is 1. The lowest BCUT2D eigenvalue weighted by atomic mass is 10.1. The van der Waals surface area contributed by atoms with Crippen molar-refractivity contribution in [3.8, 4) is 11.5 Å². The van der Waals surface area contributed by atoms with Crippen LogP contribution < -0.4 is 20.1 Å². The Balaban J connectivity index is 1.67. The highest BCUT2D eigenvalue weighted by Gasteiger charge is 2.21. The van der Waals surface area contributed by atoms with Crippen molar-refractivity contribution in [2.75, 3.05) is 18.5 Å². The summed E-state index contributed by atoms with van der Waals surface area (Å²) in [7, 11) is 0. The van der Waals surface area contributed by atoms with Crippen molar-refractivity contribution in [3.05, 3.63) is 52.0 Å². The Bertz CT molecular complexity index is 813. The predicted octanol–water partition coefficient (Wildman–Crippen LogP) is 4.44. The minimum absolute atomic E-state index is 0.155. The number of anilines is 1. The van der Waals surface area contributed by atoms with Gasteiger partial charge >= 0.3 is 0 Å². The van der Waals surface area contributed by atoms with E-state index in [-0.39, 0.29) is 11.9 Å². The van der Waals surface area contributed by atoms with E-state index in [9.17, 15) is 4.79 Å². The molecular formula is C19H20Cl2N2O3. The molecule has 1 amide bonds. The number of benzene rings is 2. The number of nitrogens with one attached hydrogen (secondary N) is 2. The Kier molecular flexibility index (Phi) is 5.79. The Labute approximate surface area is 162 Å². The van der Waals surface area contributed by atoms with Crippen LogP contribution >= 0.6 is 23.2 Å². The van der Waals surface area contributed by atoms with Crippen LogP contribution in [0.5, 0.6) is 11.5 Å². The summed E-state index contributed by atoms with van der Waals surface area (Å²) in [6, 6.07) is 10.1. The molecule has 0 spiro atoms. The van der Waals surface area contributed by atoms with E-state index in [0.29, 0.717) is 34.8 Å². The second kappa shape index (κ2) is 8.06. The van der Waals surface area contributed by atoms with E-state index >= 15 is 0 Å². The number of rotatable bonds is 5. The minimum Gasteiger partial charge on any atom is -0.486 e. The van der Waals surface area contributed by atoms with Crippen molar-refractivity contribution in [2.45, 2.75) is 25.9 Å². The molecule has 5 nitrogen and oxygen atoms in total. The Morgan fingerprint density at radius 3 is 2.65 bits per heavy atom. The first-order valence-electron chi connectivity index (χ1n) is 8.36. The smallest absolute Gasteiger partial charge is 0.242 e. The third kappa shape index (κ3) is 4.17. The number of para-hydroxylation sites is 1. The molecule has 26 heavy (non-hydrogen) atoms. The van der Waals surface area contributed by atoms with Gasteiger partial charge in [-0.3, -0.25) is 4.79 Å². The Morgan fingerprint density at radius 2 is 1.88 bits per heavy atom. The highest BCUT2D eigenvalue weighted by Crippen LogP contribution is 2.37. The van der Waals surface area contributed by atoms with E-state index < -0.39 is 6.04 Å². The minimum atomic E-state index is -0.472. The highest BCUT2D eigenvalue weighted by atomic mass is 35.5. The van der Waals surface area contributed by atoms with Crippen LogP contribution in [0.3, 0.4) is 0 Å². The topological polar surface area (TPSA) is 59.6 Å². The van der Waals surface area contributed by atoms with Crippen molar-refractivity contribution in [3.63, 3.8) is 0 Å². The molecule has 1 aliphatic heterocycles. The molecule has 2 unspecified atom stereocenters. The van der Waals surface area contributed by atoms with Crippen molar-refractivity contribution in [2.24, 2.45) is 0 Å². The maximum Gasteiger partial charge on any atom is 0.242 e. The number of ether oxygens (including phenoxy) is 2. The van der Waals surface area contributed by atoms with Gasteiger partial charge in [0.2, 0.25) is 5.91 Å². The fourth-order valence-corrected chi connectivity index (χ4v) is 3.33. The van der Waals surface area contributed by atoms with E-state index in [0.717, 1.165) is 11.3 Å². The number of hydrogen-bond acceptors (Lipinski definition) is 4. The van der Waals surface area contributed by atoms with Crippen LogP contribution in [0, 0.1) is 0 Å². The quantitative estimate of drug-likeness (QED) is 0.786. The van der Waals surface area contributed by atoms with Gasteiger partial charge in [0.25, 0.3) is 0 Å². The van der Waals surface area contributed by atoms with Gasteiger partial charge in [-0.25, -0.2) is 0 Å². The molecule has 1 aliphatic rings. The number of halogens is 2. The second-order valence-electron chi connectivity index (χ2n) is 6.09. The van der Waals surface area contributed by atoms with E-state index in [2.05, 4.69) is 10.6 Å². The lowest BCUT2D eigenvalue weighted by molar-refractivity contribution is -0.122. The van der Waals surface area contributed by atoms with Crippen LogP contribution in [-0.4, -0.2) is 25.2 Å². The summed E-state index contributed by atoms with van der Waals surface area (Å²) >= 11 is 12.1. The zero-order chi connectivity index (χ0) is 18.7. The maximum atomic E-state index is 12.6. The zero-order valence-electron chi connectivity index (χ0n) is 14.5. The SMILES string of the molecule is CC(Nc1cccc2c1OCCO2)C(=O)NC(C)c1ccc(Cl)cc1Cl. The van der Waals surface area contributed by atoms with Crippen LogP contribution in [0.2, 0.25) is 10.0 Å². The van der Waals surface area contributed by atoms with Gasteiger partial charge in [-0.15, -0.1) is 0 Å². The van der Waals surface area contributed by atoms with Gasteiger partial charge in [0, 0.05) is 10.0 Å². The second-order valence-corrected chi connectivity index (χ2v) is 6.94. The average molecular weight is 395 g/mol. The molecule has 7 heteroatoms. The summed E-state index contributed by atoms with van der Waals surface area (Å²) in [5.74, 6) is 1.15. The van der Waals surface area contributed by atoms with E-state index in [1.807, 2.05) is 31.2 Å². The van der Waals surface area contributed by atoms with Gasteiger partial charge < -0.3 is 20.1 Å². The molecule has 2 atom stereocenters. The number of carbonyl (C=O) groups excluding carboxylic acids is 1. The molecule has 0 radical (unpaired) electrons. The van der Waals surface area contributed by atoms with Crippen molar-refractivity contribution in [1.82, 2.24) is 5.32 Å². The average Bonchev–Trinajstić information content (AvgIpc) is 2.61. The normalized spacial score (nSPS) is 15.1. The monoisotopic (exact) mass is 394 g/mol. The van der Waals surface area contributed by atoms with Gasteiger partial charge in [0.05, 0.1) is 11.7 Å². The standard InChI is InChI=1S/C19H20Cl2N2O3/c1-11(14-7-6-13(20)10-15(14)21)23-19(24)12(2)22-16-4-3-5-17-18(16)26-9-8-25-17/h3-7,10-12,22H,8-9H2,1-2H3,(H,23,24). The van der Waals surface area contributed by atoms with Crippen LogP contribution in [0.25, 0.3) is 0 Å². The van der Waals surface area contributed by atoms with Crippen molar-refractivity contribution >= 4 is 34.8 Å². The predicted molar refractivity (Wildman–Crippen MR) is 104 cm³/mol. The Hall–Kier alpha value is -2.11. The van der Waals surface area contributed by atoms with Gasteiger partial charge in [0.15, 0.2) is 11.5 Å². The van der Waals surface area contributed by atoms with E-state index in [1.165, 1.54) is 0 Å². The summed E-state index contributed by atoms with van der Waals surface area (Å²) in [6.07, 6.45) is 0. The highest BCUT2D eigenvalue weighted by molar-refractivity contribution is 6.35. The first kappa shape index (κ1) is 18.7. The molecule has 3 rings (SSSR count). The lowest BCUT2D eigenvalue weighted by Gasteiger charge is -2.24. The van der Waals surface area contributed by atoms with E-state index in [4.69, 9.17) is 32.7 Å². The molecule has 0 aliphatic carbocycles. The number of hydrogen-bond donors (Lipinski definition) is 2. The Morgan fingerprint density at radius 1 is 1.12 bits per heavy atom. The van der Waals surface area contributed by atoms with Gasteiger partial charge in [0.1, 0.15) is 19.3 Å². The fraction of sp³-hybridized carbons (Fsp3) is 0.316. The first-order valence-corrected chi connectivity index (χ1v) is 9.12. The van der Waals surface area contributed by atoms with Crippen LogP contribution in [0.4, 0.5) is 5.69 Å². The summed E-state index contributed by atoms with van der Waals surface area (Å²) in [5.41, 5.74) is 1.53. The summed E-state index contributed by atoms with van der Waals surface area (Å²) in [4.78, 5) is 12.6. The third-order valence-corrected chi connectivity index (χ3v) is 4.68. The van der Waals surface area contributed by atoms with Crippen LogP contribution in [0.1, 0.15) is 25.5 Å². The van der Waals surface area contributed by atoms with Crippen LogP contribution in [0.15, 0.2) is 36.4 Å². The molecule has 0 bridgehead atoms. The van der Waals surface area contributed by atoms with Crippen molar-refractivity contribution < 1.29 is 14.3 Å². The summed E-state index contributed by atoms with van der Waals surface area (Å²) < 4.78 is 11.2. The summed E-state index contributed by atoms with van der Waals surface area (Å²) in [5, 5.41) is 7.22. The lowest BCUT2D eigenvalue weighted by Crippen LogP contribution is -2.39. The molecule has 0 saturated heterocycles. The number of amides is 1. The molecule has 138 valence electrons.